The van der Waals surface area contributed by atoms with Crippen LogP contribution in [0.2, 0.25) is 10.0 Å². The van der Waals surface area contributed by atoms with Crippen LogP contribution in [0.15, 0.2) is 66.2 Å². The largest absolute Gasteiger partial charge is 0.483 e. The van der Waals surface area contributed by atoms with Crippen molar-refractivity contribution in [2.45, 2.75) is 6.92 Å². The number of urea groups is 1. The number of barbiturate groups is 1. The summed E-state index contributed by atoms with van der Waals surface area (Å²) >= 11 is 12.3. The molecule has 0 saturated carbocycles. The van der Waals surface area contributed by atoms with E-state index in [1.54, 1.807) is 13.0 Å². The minimum Gasteiger partial charge on any atom is -0.483 e. The molecule has 0 radical (unpaired) electrons. The van der Waals surface area contributed by atoms with E-state index in [1.165, 1.54) is 60.7 Å². The first-order valence-corrected chi connectivity index (χ1v) is 11.5. The second-order valence-corrected chi connectivity index (χ2v) is 8.76. The van der Waals surface area contributed by atoms with Crippen molar-refractivity contribution in [2.24, 2.45) is 0 Å². The molecule has 2 N–H and O–H groups in total. The highest BCUT2D eigenvalue weighted by molar-refractivity contribution is 6.39. The Morgan fingerprint density at radius 2 is 1.78 bits per heavy atom. The van der Waals surface area contributed by atoms with Crippen molar-refractivity contribution >= 4 is 64.4 Å². The highest BCUT2D eigenvalue weighted by Crippen LogP contribution is 2.29. The number of imide groups is 2. The van der Waals surface area contributed by atoms with Gasteiger partial charge in [0.1, 0.15) is 17.1 Å². The number of nitrogens with zero attached hydrogens (tertiary/aromatic N) is 1. The summed E-state index contributed by atoms with van der Waals surface area (Å²) in [5, 5.41) is 5.30. The van der Waals surface area contributed by atoms with Crippen LogP contribution in [0.5, 0.6) is 5.75 Å². The molecule has 1 fully saturated rings. The number of ether oxygens (including phenoxy) is 1. The zero-order chi connectivity index (χ0) is 26.7. The Labute approximate surface area is 220 Å². The molecule has 8 nitrogen and oxygen atoms in total. The van der Waals surface area contributed by atoms with E-state index < -0.39 is 36.2 Å². The highest BCUT2D eigenvalue weighted by atomic mass is 35.5. The molecule has 1 aliphatic rings. The quantitative estimate of drug-likeness (QED) is 0.332. The number of hydrogen-bond acceptors (Lipinski definition) is 5. The second kappa shape index (κ2) is 10.8. The number of benzene rings is 3. The summed E-state index contributed by atoms with van der Waals surface area (Å²) in [6.45, 7) is 1.33. The number of rotatable bonds is 6. The first-order valence-electron chi connectivity index (χ1n) is 10.8. The van der Waals surface area contributed by atoms with Crippen LogP contribution >= 0.6 is 23.2 Å². The third kappa shape index (κ3) is 5.96. The van der Waals surface area contributed by atoms with Crippen molar-refractivity contribution in [2.75, 3.05) is 16.8 Å². The van der Waals surface area contributed by atoms with Crippen LogP contribution in [0.4, 0.5) is 20.6 Å². The van der Waals surface area contributed by atoms with Gasteiger partial charge < -0.3 is 10.1 Å². The number of aryl methyl sites for hydroxylation is 1. The van der Waals surface area contributed by atoms with E-state index in [2.05, 4.69) is 10.6 Å². The van der Waals surface area contributed by atoms with E-state index in [0.717, 1.165) is 10.5 Å². The molecule has 0 atom stereocenters. The van der Waals surface area contributed by atoms with Gasteiger partial charge in [0.25, 0.3) is 17.7 Å². The van der Waals surface area contributed by atoms with Crippen LogP contribution in [0.3, 0.4) is 0 Å². The predicted molar refractivity (Wildman–Crippen MR) is 137 cm³/mol. The Bertz CT molecular complexity index is 1460. The van der Waals surface area contributed by atoms with Gasteiger partial charge in [0, 0.05) is 21.3 Å². The summed E-state index contributed by atoms with van der Waals surface area (Å²) < 4.78 is 18.7. The smallest absolute Gasteiger partial charge is 0.335 e. The van der Waals surface area contributed by atoms with E-state index in [-0.39, 0.29) is 27.6 Å². The van der Waals surface area contributed by atoms with E-state index >= 15 is 0 Å². The van der Waals surface area contributed by atoms with Crippen molar-refractivity contribution in [3.05, 3.63) is 93.2 Å². The van der Waals surface area contributed by atoms with Gasteiger partial charge in [-0.3, -0.25) is 19.7 Å². The number of hydrogen-bond donors (Lipinski definition) is 2. The third-order valence-electron chi connectivity index (χ3n) is 5.27. The molecule has 3 aromatic rings. The van der Waals surface area contributed by atoms with Crippen LogP contribution in [0.1, 0.15) is 11.1 Å². The number of carbonyl (C=O) groups excluding carboxylic acids is 4. The minimum absolute atomic E-state index is 0.147. The molecule has 188 valence electrons. The van der Waals surface area contributed by atoms with Gasteiger partial charge in [-0.05, 0) is 73.2 Å². The van der Waals surface area contributed by atoms with E-state index in [9.17, 15) is 23.6 Å². The van der Waals surface area contributed by atoms with Crippen molar-refractivity contribution in [3.63, 3.8) is 0 Å². The fourth-order valence-electron chi connectivity index (χ4n) is 3.41. The van der Waals surface area contributed by atoms with Gasteiger partial charge in [0.05, 0.1) is 5.69 Å². The van der Waals surface area contributed by atoms with Crippen LogP contribution in [-0.2, 0) is 14.4 Å². The average molecular weight is 542 g/mol. The maximum absolute atomic E-state index is 13.2. The fourth-order valence-corrected chi connectivity index (χ4v) is 3.76. The fraction of sp³-hybridized carbons (Fsp3) is 0.0769. The summed E-state index contributed by atoms with van der Waals surface area (Å²) in [6, 6.07) is 13.3. The zero-order valence-corrected chi connectivity index (χ0v) is 20.7. The molecule has 1 heterocycles. The van der Waals surface area contributed by atoms with Crippen LogP contribution in [0.25, 0.3) is 6.08 Å². The molecule has 1 aliphatic heterocycles. The maximum Gasteiger partial charge on any atom is 0.335 e. The van der Waals surface area contributed by atoms with E-state index in [1.807, 2.05) is 0 Å². The standard InChI is InChI=1S/C26H18Cl2FN3O5/c1-14-2-8-19(12-21(14)28)32-25(35)20(24(34)31-26(32)36)11-15-10-16(27)3-9-22(15)37-13-23(33)30-18-6-4-17(29)5-7-18/h2-12H,13H2,1H3,(H,30,33)(H,31,34,36)/b20-11+. The lowest BCUT2D eigenvalue weighted by Gasteiger charge is -2.26. The zero-order valence-electron chi connectivity index (χ0n) is 19.2. The summed E-state index contributed by atoms with van der Waals surface area (Å²) in [5.41, 5.74) is 1.15. The van der Waals surface area contributed by atoms with Gasteiger partial charge in [0.2, 0.25) is 0 Å². The number of amides is 5. The molecule has 4 rings (SSSR count). The highest BCUT2D eigenvalue weighted by Gasteiger charge is 2.37. The summed E-state index contributed by atoms with van der Waals surface area (Å²) in [7, 11) is 0. The molecule has 3 aromatic carbocycles. The molecule has 0 aliphatic carbocycles. The molecule has 37 heavy (non-hydrogen) atoms. The Kier molecular flexibility index (Phi) is 7.56. The summed E-state index contributed by atoms with van der Waals surface area (Å²) in [5.74, 6) is -2.62. The molecule has 0 unspecified atom stereocenters. The van der Waals surface area contributed by atoms with Crippen LogP contribution in [0, 0.1) is 12.7 Å². The molecule has 11 heteroatoms. The van der Waals surface area contributed by atoms with Gasteiger partial charge >= 0.3 is 6.03 Å². The topological polar surface area (TPSA) is 105 Å². The molecular weight excluding hydrogens is 524 g/mol. The molecular formula is C26H18Cl2FN3O5. The predicted octanol–water partition coefficient (Wildman–Crippen LogP) is 5.12. The Morgan fingerprint density at radius 3 is 2.49 bits per heavy atom. The minimum atomic E-state index is -0.924. The second-order valence-electron chi connectivity index (χ2n) is 7.92. The normalized spacial score (nSPS) is 14.5. The molecule has 1 saturated heterocycles. The van der Waals surface area contributed by atoms with Crippen molar-refractivity contribution < 1.29 is 28.3 Å². The number of halogens is 3. The van der Waals surface area contributed by atoms with Crippen LogP contribution in [-0.4, -0.2) is 30.4 Å². The monoisotopic (exact) mass is 541 g/mol. The number of carbonyl (C=O) groups is 4. The van der Waals surface area contributed by atoms with Gasteiger partial charge in [-0.2, -0.15) is 0 Å². The lowest BCUT2D eigenvalue weighted by atomic mass is 10.1. The lowest BCUT2D eigenvalue weighted by molar-refractivity contribution is -0.122. The van der Waals surface area contributed by atoms with Crippen molar-refractivity contribution in [1.29, 1.82) is 0 Å². The van der Waals surface area contributed by atoms with Gasteiger partial charge in [-0.1, -0.05) is 29.3 Å². The Balaban J connectivity index is 1.58. The van der Waals surface area contributed by atoms with E-state index in [4.69, 9.17) is 27.9 Å². The van der Waals surface area contributed by atoms with Gasteiger partial charge in [-0.25, -0.2) is 14.1 Å². The van der Waals surface area contributed by atoms with Gasteiger partial charge in [-0.15, -0.1) is 0 Å². The summed E-state index contributed by atoms with van der Waals surface area (Å²) in [4.78, 5) is 51.3. The molecule has 0 spiro atoms. The first kappa shape index (κ1) is 25.9. The third-order valence-corrected chi connectivity index (χ3v) is 5.92. The van der Waals surface area contributed by atoms with Gasteiger partial charge in [0.15, 0.2) is 6.61 Å². The summed E-state index contributed by atoms with van der Waals surface area (Å²) in [6.07, 6.45) is 1.21. The lowest BCUT2D eigenvalue weighted by Crippen LogP contribution is -2.54. The number of anilines is 2. The van der Waals surface area contributed by atoms with Crippen molar-refractivity contribution in [3.8, 4) is 5.75 Å². The Morgan fingerprint density at radius 1 is 1.05 bits per heavy atom. The molecule has 0 bridgehead atoms. The SMILES string of the molecule is Cc1ccc(N2C(=O)NC(=O)/C(=C\c3cc(Cl)ccc3OCC(=O)Nc3ccc(F)cc3)C2=O)cc1Cl. The maximum atomic E-state index is 13.2. The van der Waals surface area contributed by atoms with Crippen molar-refractivity contribution in [1.82, 2.24) is 5.32 Å². The molecule has 5 amide bonds. The average Bonchev–Trinajstić information content (AvgIpc) is 2.84. The first-order chi connectivity index (χ1) is 17.6. The Hall–Kier alpha value is -4.21. The van der Waals surface area contributed by atoms with E-state index in [0.29, 0.717) is 10.7 Å². The number of nitrogens with one attached hydrogen (secondary N) is 2. The molecule has 0 aromatic heterocycles. The van der Waals surface area contributed by atoms with Crippen LogP contribution < -0.4 is 20.3 Å².